The third-order valence-electron chi connectivity index (χ3n) is 0. The van der Waals surface area contributed by atoms with E-state index in [1.165, 1.54) is 0 Å². The number of rotatable bonds is 0. The van der Waals surface area contributed by atoms with E-state index in [0.717, 1.165) is 0 Å². The summed E-state index contributed by atoms with van der Waals surface area (Å²) < 4.78 is 9.69. The molecule has 0 unspecified atom stereocenters. The van der Waals surface area contributed by atoms with Crippen molar-refractivity contribution in [1.82, 2.24) is 0 Å². The summed E-state index contributed by atoms with van der Waals surface area (Å²) in [7, 11) is 0. The second-order valence-corrected chi connectivity index (χ2v) is 0. The van der Waals surface area contributed by atoms with Crippen LogP contribution in [0.15, 0.2) is 0 Å². The first-order valence-corrected chi connectivity index (χ1v) is 1.56. The molecule has 0 heterocycles. The minimum atomic E-state index is -0.438. The fourth-order valence-corrected chi connectivity index (χ4v) is 0. The molecule has 2 nitrogen and oxygen atoms in total. The van der Waals surface area contributed by atoms with Gasteiger partial charge in [-0.2, -0.15) is 0 Å². The summed E-state index contributed by atoms with van der Waals surface area (Å²) in [6, 6.07) is 0. The fraction of sp³-hybridized carbons (Fsp3) is 0. The maximum absolute atomic E-state index is 9.69. The Morgan fingerprint density at radius 1 is 1.00 bits per heavy atom. The van der Waals surface area contributed by atoms with Gasteiger partial charge in [-0.1, -0.05) is 0 Å². The molecule has 0 amide bonds. The SMILES string of the molecule is O.O.[F][K]. The van der Waals surface area contributed by atoms with Crippen molar-refractivity contribution in [2.75, 3.05) is 0 Å². The van der Waals surface area contributed by atoms with E-state index in [1.807, 2.05) is 0 Å². The molecule has 24 valence electrons. The van der Waals surface area contributed by atoms with E-state index >= 15 is 0 Å². The molecule has 0 aromatic heterocycles. The van der Waals surface area contributed by atoms with Crippen molar-refractivity contribution in [3.8, 4) is 0 Å². The second kappa shape index (κ2) is 24.7. The van der Waals surface area contributed by atoms with Crippen molar-refractivity contribution in [3.05, 3.63) is 0 Å². The standard InChI is InChI=1S/FH.K.2H2O/h1H;;2*1H2/q;+1;;/p-1. The van der Waals surface area contributed by atoms with Gasteiger partial charge in [-0.05, 0) is 0 Å². The van der Waals surface area contributed by atoms with E-state index in [1.54, 1.807) is 0 Å². The van der Waals surface area contributed by atoms with Crippen LogP contribution in [0.25, 0.3) is 0 Å². The first-order chi connectivity index (χ1) is 1.00. The Morgan fingerprint density at radius 2 is 1.00 bits per heavy atom. The van der Waals surface area contributed by atoms with Gasteiger partial charge >= 0.3 is 49.7 Å². The van der Waals surface area contributed by atoms with E-state index in [-0.39, 0.29) is 11.0 Å². The Balaban J connectivity index is -0.00000000500. The summed E-state index contributed by atoms with van der Waals surface area (Å²) in [5.74, 6) is 0. The summed E-state index contributed by atoms with van der Waals surface area (Å²) in [5.41, 5.74) is 0. The van der Waals surface area contributed by atoms with E-state index in [4.69, 9.17) is 0 Å². The average molecular weight is 94.1 g/mol. The molecular formula is H4FKO2. The van der Waals surface area contributed by atoms with E-state index in [2.05, 4.69) is 0 Å². The Bertz CT molecular complexity index is 6.00. The molecule has 0 spiro atoms. The van der Waals surface area contributed by atoms with Crippen molar-refractivity contribution in [3.63, 3.8) is 0 Å². The topological polar surface area (TPSA) is 63.0 Å². The molecule has 4 N–H and O–H groups in total. The quantitative estimate of drug-likeness (QED) is 0.324. The molecule has 0 atom stereocenters. The van der Waals surface area contributed by atoms with Gasteiger partial charge in [-0.15, -0.1) is 0 Å². The predicted octanol–water partition coefficient (Wildman–Crippen LogP) is -1.61. The molecule has 4 heavy (non-hydrogen) atoms. The Hall–Kier alpha value is 1.49. The van der Waals surface area contributed by atoms with Gasteiger partial charge in [0.25, 0.3) is 0 Å². The average Bonchev–Trinajstić information content (AvgIpc) is 1.00. The maximum atomic E-state index is 9.69. The van der Waals surface area contributed by atoms with Crippen LogP contribution < -0.4 is 0 Å². The number of halogens is 1. The predicted molar refractivity (Wildman–Crippen MR) is 14.1 cm³/mol. The summed E-state index contributed by atoms with van der Waals surface area (Å²) >= 11 is -0.438. The monoisotopic (exact) mass is 94.0 g/mol. The molecular weight excluding hydrogens is 90.1 g/mol. The zero-order chi connectivity index (χ0) is 2.00. The number of hydrogen-bond acceptors (Lipinski definition) is 0. The molecule has 0 aliphatic heterocycles. The second-order valence-electron chi connectivity index (χ2n) is 0. The normalized spacial score (nSPS) is 1.75. The van der Waals surface area contributed by atoms with Crippen molar-refractivity contribution >= 4 is 49.9 Å². The van der Waals surface area contributed by atoms with Crippen LogP contribution in [0.1, 0.15) is 0 Å². The van der Waals surface area contributed by atoms with Crippen molar-refractivity contribution < 1.29 is 10.7 Å². The first kappa shape index (κ1) is 17.9. The van der Waals surface area contributed by atoms with Gasteiger partial charge in [0.2, 0.25) is 0 Å². The van der Waals surface area contributed by atoms with Gasteiger partial charge in [-0.25, -0.2) is 0 Å². The summed E-state index contributed by atoms with van der Waals surface area (Å²) in [6.07, 6.45) is 0. The van der Waals surface area contributed by atoms with Crippen LogP contribution in [0.4, 0.5) is -0.211 Å². The van der Waals surface area contributed by atoms with Crippen LogP contribution in [-0.2, 0) is 0 Å². The molecule has 0 saturated heterocycles. The van der Waals surface area contributed by atoms with E-state index in [9.17, 15) is -0.211 Å². The van der Waals surface area contributed by atoms with Gasteiger partial charge in [0.1, 0.15) is 0 Å². The summed E-state index contributed by atoms with van der Waals surface area (Å²) in [4.78, 5) is 0. The molecule has 0 aromatic rings. The van der Waals surface area contributed by atoms with Gasteiger partial charge in [0, 0.05) is 0 Å². The van der Waals surface area contributed by atoms with E-state index < -0.39 is 49.9 Å². The molecule has 0 aromatic carbocycles. The molecule has 0 rings (SSSR count). The number of hydrogen-bond donors (Lipinski definition) is 0. The van der Waals surface area contributed by atoms with Crippen LogP contribution >= 0.6 is 0 Å². The molecule has 0 radical (unpaired) electrons. The fourth-order valence-electron chi connectivity index (χ4n) is 0. The van der Waals surface area contributed by atoms with Gasteiger partial charge in [-0.3, -0.25) is 0 Å². The van der Waals surface area contributed by atoms with Crippen LogP contribution in [0.3, 0.4) is 0 Å². The van der Waals surface area contributed by atoms with Gasteiger partial charge < -0.3 is 11.0 Å². The summed E-state index contributed by atoms with van der Waals surface area (Å²) in [5, 5.41) is 0. The molecule has 0 aliphatic carbocycles. The molecule has 0 saturated carbocycles. The van der Waals surface area contributed by atoms with Crippen LogP contribution in [0.5, 0.6) is 0 Å². The van der Waals surface area contributed by atoms with Gasteiger partial charge in [0.05, 0.1) is 0 Å². The first-order valence-electron chi connectivity index (χ1n) is 0.378. The van der Waals surface area contributed by atoms with Gasteiger partial charge in [0.15, 0.2) is 0 Å². The summed E-state index contributed by atoms with van der Waals surface area (Å²) in [6.45, 7) is 0. The van der Waals surface area contributed by atoms with Crippen LogP contribution in [0, 0.1) is 0 Å². The molecule has 4 heteroatoms. The zero-order valence-corrected chi connectivity index (χ0v) is 5.50. The Labute approximate surface area is 59.6 Å². The molecule has 0 fully saturated rings. The van der Waals surface area contributed by atoms with Crippen molar-refractivity contribution in [1.29, 1.82) is 0 Å². The van der Waals surface area contributed by atoms with Crippen LogP contribution in [-0.4, -0.2) is 60.9 Å². The van der Waals surface area contributed by atoms with E-state index in [0.29, 0.717) is 0 Å². The zero-order valence-electron chi connectivity index (χ0n) is 2.38. The Morgan fingerprint density at radius 3 is 1.00 bits per heavy atom. The molecule has 0 bridgehead atoms. The van der Waals surface area contributed by atoms with Crippen LogP contribution in [0.2, 0.25) is 0 Å². The van der Waals surface area contributed by atoms with Crippen molar-refractivity contribution in [2.24, 2.45) is 0 Å². The third-order valence-corrected chi connectivity index (χ3v) is 0. The molecule has 0 aliphatic rings. The Kier molecular flexibility index (Phi) is 110. The third kappa shape index (κ3) is 9.76. The van der Waals surface area contributed by atoms with Crippen molar-refractivity contribution in [2.45, 2.75) is 0 Å². The minimum absolute atomic E-state index is 0.